The van der Waals surface area contributed by atoms with E-state index in [1.165, 1.54) is 34.0 Å². The van der Waals surface area contributed by atoms with E-state index >= 15 is 0 Å². The van der Waals surface area contributed by atoms with Crippen molar-refractivity contribution in [2.24, 2.45) is 0 Å². The number of rotatable bonds is 9. The zero-order valence-corrected chi connectivity index (χ0v) is 23.2. The van der Waals surface area contributed by atoms with Gasteiger partial charge in [0.15, 0.2) is 11.0 Å². The minimum atomic E-state index is -0.695. The van der Waals surface area contributed by atoms with Crippen LogP contribution in [0.25, 0.3) is 10.6 Å². The van der Waals surface area contributed by atoms with E-state index in [1.807, 2.05) is 48.7 Å². The molecule has 1 aromatic carbocycles. The first-order valence-corrected chi connectivity index (χ1v) is 14.1. The Labute approximate surface area is 242 Å². The Morgan fingerprint density at radius 3 is 2.68 bits per heavy atom. The third kappa shape index (κ3) is 7.29. The lowest BCUT2D eigenvalue weighted by Crippen LogP contribution is -2.36. The second kappa shape index (κ2) is 12.8. The lowest BCUT2D eigenvalue weighted by molar-refractivity contribution is -0.120. The molecule has 3 amide bonds. The molecule has 204 valence electrons. The summed E-state index contributed by atoms with van der Waals surface area (Å²) in [4.78, 5) is 38.4. The number of aromatic nitrogens is 6. The van der Waals surface area contributed by atoms with Crippen molar-refractivity contribution < 1.29 is 9.59 Å². The number of hydrogen-bond donors (Lipinski definition) is 3. The van der Waals surface area contributed by atoms with E-state index in [-0.39, 0.29) is 6.54 Å². The van der Waals surface area contributed by atoms with E-state index in [0.29, 0.717) is 39.5 Å². The zero-order chi connectivity index (χ0) is 28.6. The maximum atomic E-state index is 12.3. The van der Waals surface area contributed by atoms with Crippen molar-refractivity contribution in [3.05, 3.63) is 89.2 Å². The Balaban J connectivity index is 1.26. The Hall–Kier alpha value is -5.13. The molecule has 0 aliphatic heterocycles. The van der Waals surface area contributed by atoms with Gasteiger partial charge >= 0.3 is 6.03 Å². The molecule has 0 spiro atoms. The predicted molar refractivity (Wildman–Crippen MR) is 156 cm³/mol. The van der Waals surface area contributed by atoms with Crippen LogP contribution in [0.4, 0.5) is 22.1 Å². The Kier molecular flexibility index (Phi) is 8.58. The molecule has 0 aliphatic rings. The molecule has 0 saturated carbocycles. The van der Waals surface area contributed by atoms with Gasteiger partial charge in [0, 0.05) is 23.8 Å². The second-order valence-electron chi connectivity index (χ2n) is 8.57. The van der Waals surface area contributed by atoms with Crippen LogP contribution in [0.1, 0.15) is 16.8 Å². The van der Waals surface area contributed by atoms with Gasteiger partial charge in [-0.2, -0.15) is 5.26 Å². The molecule has 4 aromatic heterocycles. The molecule has 5 rings (SSSR count). The Bertz CT molecular complexity index is 1700. The van der Waals surface area contributed by atoms with Crippen molar-refractivity contribution >= 4 is 52.4 Å². The van der Waals surface area contributed by atoms with Crippen LogP contribution in [0.2, 0.25) is 0 Å². The minimum Gasteiger partial charge on any atom is -0.339 e. The number of thiophene rings is 1. The van der Waals surface area contributed by atoms with Gasteiger partial charge in [0.25, 0.3) is 0 Å². The topological polar surface area (TPSA) is 163 Å². The number of carbonyl (C=O) groups excluding carboxylic acids is 2. The highest BCUT2D eigenvalue weighted by Gasteiger charge is 2.18. The van der Waals surface area contributed by atoms with Gasteiger partial charge in [0.05, 0.1) is 10.6 Å². The molecule has 0 bridgehead atoms. The molecule has 0 fully saturated rings. The number of hydrogen-bond acceptors (Lipinski definition) is 11. The Morgan fingerprint density at radius 2 is 1.95 bits per heavy atom. The van der Waals surface area contributed by atoms with Crippen molar-refractivity contribution in [2.75, 3.05) is 10.6 Å². The van der Waals surface area contributed by atoms with Crippen molar-refractivity contribution in [1.29, 1.82) is 5.26 Å². The average molecular weight is 583 g/mol. The average Bonchev–Trinajstić information content (AvgIpc) is 3.66. The fourth-order valence-corrected chi connectivity index (χ4v) is 5.03. The van der Waals surface area contributed by atoms with Gasteiger partial charge in [-0.1, -0.05) is 46.8 Å². The largest absolute Gasteiger partial charge is 0.339 e. The number of benzene rings is 1. The van der Waals surface area contributed by atoms with E-state index in [4.69, 9.17) is 0 Å². The van der Waals surface area contributed by atoms with Gasteiger partial charge in [0.2, 0.25) is 5.91 Å². The van der Waals surface area contributed by atoms with Crippen LogP contribution in [0, 0.1) is 18.3 Å². The van der Waals surface area contributed by atoms with E-state index in [2.05, 4.69) is 47.3 Å². The third-order valence-electron chi connectivity index (χ3n) is 5.47. The molecule has 5 aromatic rings. The van der Waals surface area contributed by atoms with E-state index < -0.39 is 11.9 Å². The predicted octanol–water partition coefficient (Wildman–Crippen LogP) is 4.76. The standard InChI is InChI=1S/C27H22N10O2S2/c1-17-7-9-18(10-8-17)30-25-20(13-28)24(21-5-4-12-40-21)33-27(34-25)41-16-19-14-37(36-35-19)15-23(38)32-26(39)31-22-6-2-3-11-29-22/h2-12,14H,15-16H2,1H3,(H,30,33,34)(H2,29,31,32,38,39). The quantitative estimate of drug-likeness (QED) is 0.163. The zero-order valence-electron chi connectivity index (χ0n) is 21.6. The van der Waals surface area contributed by atoms with Crippen molar-refractivity contribution in [1.82, 2.24) is 35.3 Å². The second-order valence-corrected chi connectivity index (χ2v) is 10.5. The van der Waals surface area contributed by atoms with Crippen LogP contribution in [-0.4, -0.2) is 41.9 Å². The van der Waals surface area contributed by atoms with Gasteiger partial charge < -0.3 is 5.32 Å². The summed E-state index contributed by atoms with van der Waals surface area (Å²) in [6, 6.07) is 18.2. The monoisotopic (exact) mass is 582 g/mol. The van der Waals surface area contributed by atoms with Crippen LogP contribution in [0.15, 0.2) is 77.5 Å². The number of anilines is 3. The SMILES string of the molecule is Cc1ccc(Nc2nc(SCc3cn(CC(=O)NC(=O)Nc4ccccn4)nn3)nc(-c3cccs3)c2C#N)cc1. The number of imide groups is 1. The van der Waals surface area contributed by atoms with Gasteiger partial charge in [0.1, 0.15) is 29.7 Å². The van der Waals surface area contributed by atoms with E-state index in [9.17, 15) is 14.9 Å². The molecule has 14 heteroatoms. The van der Waals surface area contributed by atoms with Crippen molar-refractivity contribution in [3.63, 3.8) is 0 Å². The highest BCUT2D eigenvalue weighted by molar-refractivity contribution is 7.98. The number of urea groups is 1. The fraction of sp³-hybridized carbons (Fsp3) is 0.111. The van der Waals surface area contributed by atoms with Crippen LogP contribution in [-0.2, 0) is 17.1 Å². The molecule has 3 N–H and O–H groups in total. The lowest BCUT2D eigenvalue weighted by Gasteiger charge is -2.12. The molecule has 0 saturated heterocycles. The van der Waals surface area contributed by atoms with Crippen LogP contribution in [0.5, 0.6) is 0 Å². The smallest absolute Gasteiger partial charge is 0.327 e. The van der Waals surface area contributed by atoms with E-state index in [0.717, 1.165) is 16.1 Å². The summed E-state index contributed by atoms with van der Waals surface area (Å²) in [7, 11) is 0. The number of amides is 3. The Morgan fingerprint density at radius 1 is 1.10 bits per heavy atom. The number of pyridine rings is 1. The number of nitrogens with one attached hydrogen (secondary N) is 3. The summed E-state index contributed by atoms with van der Waals surface area (Å²) in [5.74, 6) is 0.524. The lowest BCUT2D eigenvalue weighted by atomic mass is 10.2. The van der Waals surface area contributed by atoms with E-state index in [1.54, 1.807) is 24.4 Å². The number of aryl methyl sites for hydroxylation is 1. The summed E-state index contributed by atoms with van der Waals surface area (Å²) < 4.78 is 1.33. The molecular weight excluding hydrogens is 560 g/mol. The summed E-state index contributed by atoms with van der Waals surface area (Å²) in [5.41, 5.74) is 3.39. The first-order valence-electron chi connectivity index (χ1n) is 12.2. The third-order valence-corrected chi connectivity index (χ3v) is 7.23. The maximum Gasteiger partial charge on any atom is 0.327 e. The molecule has 0 radical (unpaired) electrons. The first-order chi connectivity index (χ1) is 20.0. The number of thioether (sulfide) groups is 1. The maximum absolute atomic E-state index is 12.3. The molecular formula is C27H22N10O2S2. The first kappa shape index (κ1) is 27.4. The number of carbonyl (C=O) groups is 2. The fourth-order valence-electron chi connectivity index (χ4n) is 3.58. The molecule has 41 heavy (non-hydrogen) atoms. The molecule has 0 unspecified atom stereocenters. The van der Waals surface area contributed by atoms with Crippen molar-refractivity contribution in [3.8, 4) is 16.6 Å². The van der Waals surface area contributed by atoms with Crippen LogP contribution < -0.4 is 16.0 Å². The highest BCUT2D eigenvalue weighted by atomic mass is 32.2. The molecule has 0 aliphatic carbocycles. The van der Waals surface area contributed by atoms with Gasteiger partial charge in [-0.15, -0.1) is 16.4 Å². The summed E-state index contributed by atoms with van der Waals surface area (Å²) in [6.45, 7) is 1.80. The van der Waals surface area contributed by atoms with Crippen LogP contribution in [0.3, 0.4) is 0 Å². The number of nitriles is 1. The summed E-state index contributed by atoms with van der Waals surface area (Å²) >= 11 is 2.81. The van der Waals surface area contributed by atoms with Crippen LogP contribution >= 0.6 is 23.1 Å². The number of nitrogens with zero attached hydrogens (tertiary/aromatic N) is 7. The molecule has 0 atom stereocenters. The minimum absolute atomic E-state index is 0.201. The van der Waals surface area contributed by atoms with Gasteiger partial charge in [-0.05, 0) is 42.6 Å². The normalized spacial score (nSPS) is 10.5. The summed E-state index contributed by atoms with van der Waals surface area (Å²) in [5, 5.41) is 28.4. The van der Waals surface area contributed by atoms with Gasteiger partial charge in [-0.3, -0.25) is 15.4 Å². The summed E-state index contributed by atoms with van der Waals surface area (Å²) in [6.07, 6.45) is 3.14. The molecule has 4 heterocycles. The highest BCUT2D eigenvalue weighted by Crippen LogP contribution is 2.33. The molecule has 12 nitrogen and oxygen atoms in total. The van der Waals surface area contributed by atoms with Gasteiger partial charge in [-0.25, -0.2) is 24.4 Å². The van der Waals surface area contributed by atoms with Crippen molar-refractivity contribution in [2.45, 2.75) is 24.4 Å².